The minimum atomic E-state index is 0.145. The fraction of sp³-hybridized carbons (Fsp3) is 0.800. The van der Waals surface area contributed by atoms with Crippen molar-refractivity contribution in [1.82, 2.24) is 20.0 Å². The number of hydrogen-bond donors (Lipinski definition) is 1. The SMILES string of the molecule is CCCCOC1CC(NC(=NC)N2CCC(c3cnn(C)c3)C2)C1(C)C. The monoisotopic (exact) mass is 361 g/mol. The van der Waals surface area contributed by atoms with Crippen molar-refractivity contribution in [3.8, 4) is 0 Å². The molecule has 2 heterocycles. The van der Waals surface area contributed by atoms with E-state index in [1.807, 2.05) is 25.0 Å². The highest BCUT2D eigenvalue weighted by molar-refractivity contribution is 5.80. The highest BCUT2D eigenvalue weighted by Gasteiger charge is 2.49. The molecule has 146 valence electrons. The predicted octanol–water partition coefficient (Wildman–Crippen LogP) is 2.77. The van der Waals surface area contributed by atoms with Crippen LogP contribution in [0.3, 0.4) is 0 Å². The molecule has 1 aromatic heterocycles. The Bertz CT molecular complexity index is 623. The van der Waals surface area contributed by atoms with Gasteiger partial charge in [-0.25, -0.2) is 0 Å². The number of hydrogen-bond acceptors (Lipinski definition) is 3. The number of ether oxygens (including phenoxy) is 1. The van der Waals surface area contributed by atoms with Crippen molar-refractivity contribution in [2.24, 2.45) is 17.5 Å². The molecule has 26 heavy (non-hydrogen) atoms. The number of nitrogens with zero attached hydrogens (tertiary/aromatic N) is 4. The second-order valence-electron chi connectivity index (χ2n) is 8.39. The number of likely N-dealkylation sites (tertiary alicyclic amines) is 1. The first-order chi connectivity index (χ1) is 12.5. The highest BCUT2D eigenvalue weighted by atomic mass is 16.5. The van der Waals surface area contributed by atoms with Crippen molar-refractivity contribution in [3.63, 3.8) is 0 Å². The summed E-state index contributed by atoms with van der Waals surface area (Å²) in [5.74, 6) is 1.57. The fourth-order valence-electron chi connectivity index (χ4n) is 4.11. The molecule has 2 aliphatic rings. The normalized spacial score (nSPS) is 28.3. The van der Waals surface area contributed by atoms with Crippen molar-refractivity contribution in [2.75, 3.05) is 26.7 Å². The number of rotatable bonds is 6. The number of aryl methyl sites for hydroxylation is 1. The first-order valence-corrected chi connectivity index (χ1v) is 10.0. The molecule has 6 nitrogen and oxygen atoms in total. The lowest BCUT2D eigenvalue weighted by molar-refractivity contribution is -0.114. The number of aromatic nitrogens is 2. The van der Waals surface area contributed by atoms with Gasteiger partial charge in [0.2, 0.25) is 0 Å². The van der Waals surface area contributed by atoms with E-state index in [4.69, 9.17) is 4.74 Å². The van der Waals surface area contributed by atoms with Gasteiger partial charge in [-0.05, 0) is 24.8 Å². The lowest BCUT2D eigenvalue weighted by Crippen LogP contribution is -2.63. The van der Waals surface area contributed by atoms with Crippen LogP contribution in [0.5, 0.6) is 0 Å². The summed E-state index contributed by atoms with van der Waals surface area (Å²) in [5.41, 5.74) is 1.48. The van der Waals surface area contributed by atoms with Gasteiger partial charge in [-0.1, -0.05) is 27.2 Å². The number of guanidine groups is 1. The minimum Gasteiger partial charge on any atom is -0.378 e. The molecule has 0 radical (unpaired) electrons. The molecule has 3 rings (SSSR count). The van der Waals surface area contributed by atoms with E-state index in [-0.39, 0.29) is 5.41 Å². The summed E-state index contributed by atoms with van der Waals surface area (Å²) in [4.78, 5) is 6.95. The molecule has 3 unspecified atom stereocenters. The van der Waals surface area contributed by atoms with Crippen LogP contribution in [-0.2, 0) is 11.8 Å². The van der Waals surface area contributed by atoms with Crippen molar-refractivity contribution >= 4 is 5.96 Å². The van der Waals surface area contributed by atoms with E-state index in [2.05, 4.69) is 47.3 Å². The second kappa shape index (κ2) is 7.99. The molecule has 3 atom stereocenters. The van der Waals surface area contributed by atoms with E-state index in [0.717, 1.165) is 44.9 Å². The van der Waals surface area contributed by atoms with Crippen molar-refractivity contribution < 1.29 is 4.74 Å². The molecule has 1 aliphatic carbocycles. The van der Waals surface area contributed by atoms with Crippen LogP contribution in [0.2, 0.25) is 0 Å². The smallest absolute Gasteiger partial charge is 0.193 e. The third-order valence-electron chi connectivity index (χ3n) is 6.19. The molecule has 1 aliphatic heterocycles. The molecule has 0 aromatic carbocycles. The summed E-state index contributed by atoms with van der Waals surface area (Å²) in [6.07, 6.45) is 9.05. The van der Waals surface area contributed by atoms with Crippen LogP contribution in [0.4, 0.5) is 0 Å². The quantitative estimate of drug-likeness (QED) is 0.481. The topological polar surface area (TPSA) is 54.7 Å². The van der Waals surface area contributed by atoms with Gasteiger partial charge in [0, 0.05) is 57.4 Å². The Balaban J connectivity index is 1.53. The molecule has 0 bridgehead atoms. The zero-order valence-electron chi connectivity index (χ0n) is 17.0. The van der Waals surface area contributed by atoms with Gasteiger partial charge in [0.25, 0.3) is 0 Å². The molecule has 1 saturated carbocycles. The van der Waals surface area contributed by atoms with Crippen LogP contribution in [0.15, 0.2) is 17.4 Å². The lowest BCUT2D eigenvalue weighted by Gasteiger charge is -2.52. The Morgan fingerprint density at radius 3 is 2.88 bits per heavy atom. The van der Waals surface area contributed by atoms with Crippen molar-refractivity contribution in [3.05, 3.63) is 18.0 Å². The molecule has 1 aromatic rings. The fourth-order valence-corrected chi connectivity index (χ4v) is 4.11. The van der Waals surface area contributed by atoms with Crippen molar-refractivity contribution in [2.45, 2.75) is 64.5 Å². The van der Waals surface area contributed by atoms with Crippen LogP contribution in [0.1, 0.15) is 57.9 Å². The molecule has 1 saturated heterocycles. The van der Waals surface area contributed by atoms with E-state index in [1.165, 1.54) is 12.0 Å². The van der Waals surface area contributed by atoms with E-state index in [1.54, 1.807) is 0 Å². The van der Waals surface area contributed by atoms with Gasteiger partial charge >= 0.3 is 0 Å². The van der Waals surface area contributed by atoms with Crippen LogP contribution in [-0.4, -0.2) is 59.5 Å². The first-order valence-electron chi connectivity index (χ1n) is 10.0. The average Bonchev–Trinajstić information content (AvgIpc) is 3.26. The minimum absolute atomic E-state index is 0.145. The Kier molecular flexibility index (Phi) is 5.90. The van der Waals surface area contributed by atoms with E-state index >= 15 is 0 Å². The molecule has 2 fully saturated rings. The summed E-state index contributed by atoms with van der Waals surface area (Å²) in [7, 11) is 3.87. The molecule has 0 spiro atoms. The summed E-state index contributed by atoms with van der Waals surface area (Å²) >= 11 is 0. The Morgan fingerprint density at radius 2 is 2.27 bits per heavy atom. The van der Waals surface area contributed by atoms with Crippen molar-refractivity contribution in [1.29, 1.82) is 0 Å². The largest absolute Gasteiger partial charge is 0.378 e. The van der Waals surface area contributed by atoms with Gasteiger partial charge in [-0.15, -0.1) is 0 Å². The van der Waals surface area contributed by atoms with Crippen LogP contribution >= 0.6 is 0 Å². The third-order valence-corrected chi connectivity index (χ3v) is 6.19. The summed E-state index contributed by atoms with van der Waals surface area (Å²) in [6, 6.07) is 0.422. The number of nitrogens with one attached hydrogen (secondary N) is 1. The molecular formula is C20H35N5O. The van der Waals surface area contributed by atoms with Gasteiger partial charge in [0.05, 0.1) is 12.3 Å². The van der Waals surface area contributed by atoms with Gasteiger partial charge in [-0.2, -0.15) is 5.10 Å². The lowest BCUT2D eigenvalue weighted by atomic mass is 9.64. The van der Waals surface area contributed by atoms with Crippen LogP contribution in [0, 0.1) is 5.41 Å². The van der Waals surface area contributed by atoms with Gasteiger partial charge in [-0.3, -0.25) is 9.67 Å². The maximum Gasteiger partial charge on any atom is 0.193 e. The van der Waals surface area contributed by atoms with E-state index < -0.39 is 0 Å². The van der Waals surface area contributed by atoms with E-state index in [9.17, 15) is 0 Å². The summed E-state index contributed by atoms with van der Waals surface area (Å²) < 4.78 is 7.97. The molecular weight excluding hydrogens is 326 g/mol. The maximum atomic E-state index is 6.08. The van der Waals surface area contributed by atoms with Crippen LogP contribution < -0.4 is 5.32 Å². The number of aliphatic imine (C=N–C) groups is 1. The summed E-state index contributed by atoms with van der Waals surface area (Å²) in [5, 5.41) is 8.03. The molecule has 0 amide bonds. The first kappa shape index (κ1) is 19.2. The van der Waals surface area contributed by atoms with E-state index in [0.29, 0.717) is 18.1 Å². The maximum absolute atomic E-state index is 6.08. The molecule has 1 N–H and O–H groups in total. The highest BCUT2D eigenvalue weighted by Crippen LogP contribution is 2.43. The summed E-state index contributed by atoms with van der Waals surface area (Å²) in [6.45, 7) is 9.75. The molecule has 6 heteroatoms. The number of unbranched alkanes of at least 4 members (excludes halogenated alkanes) is 1. The van der Waals surface area contributed by atoms with Gasteiger partial charge in [0.15, 0.2) is 5.96 Å². The van der Waals surface area contributed by atoms with Gasteiger partial charge in [0.1, 0.15) is 0 Å². The standard InChI is InChI=1S/C20H35N5O/c1-6-7-10-26-18-11-17(20(18,2)3)23-19(21-4)25-9-8-15(14-25)16-12-22-24(5)13-16/h12-13,15,17-18H,6-11,14H2,1-5H3,(H,21,23). The Hall–Kier alpha value is -1.56. The zero-order valence-corrected chi connectivity index (χ0v) is 17.0. The van der Waals surface area contributed by atoms with Crippen LogP contribution in [0.25, 0.3) is 0 Å². The predicted molar refractivity (Wildman–Crippen MR) is 105 cm³/mol. The average molecular weight is 362 g/mol. The third kappa shape index (κ3) is 3.90. The second-order valence-corrected chi connectivity index (χ2v) is 8.39. The van der Waals surface area contributed by atoms with Gasteiger partial charge < -0.3 is 15.0 Å². The Morgan fingerprint density at radius 1 is 1.46 bits per heavy atom. The zero-order chi connectivity index (χ0) is 18.7. The Labute approximate surface area is 158 Å².